The number of fused-ring (bicyclic) bond motifs is 1. The van der Waals surface area contributed by atoms with Gasteiger partial charge in [0.2, 0.25) is 5.91 Å². The first-order valence-electron chi connectivity index (χ1n) is 5.42. The fourth-order valence-electron chi connectivity index (χ4n) is 1.71. The lowest BCUT2D eigenvalue weighted by Crippen LogP contribution is -2.39. The molecule has 0 radical (unpaired) electrons. The average molecular weight is 250 g/mol. The van der Waals surface area contributed by atoms with E-state index in [0.29, 0.717) is 24.7 Å². The Balaban J connectivity index is 2.07. The van der Waals surface area contributed by atoms with Gasteiger partial charge < -0.3 is 15.0 Å². The molecule has 0 bridgehead atoms. The van der Waals surface area contributed by atoms with E-state index >= 15 is 0 Å². The molecule has 0 saturated heterocycles. The van der Waals surface area contributed by atoms with Crippen LogP contribution in [0.1, 0.15) is 0 Å². The number of benzene rings is 1. The number of para-hydroxylation sites is 2. The van der Waals surface area contributed by atoms with E-state index in [9.17, 15) is 4.79 Å². The van der Waals surface area contributed by atoms with Crippen LogP contribution < -0.4 is 9.64 Å². The highest BCUT2D eigenvalue weighted by atomic mass is 32.2. The quantitative estimate of drug-likeness (QED) is 0.655. The van der Waals surface area contributed by atoms with E-state index in [1.54, 1.807) is 4.90 Å². The molecular weight excluding hydrogens is 236 g/mol. The van der Waals surface area contributed by atoms with Gasteiger partial charge in [0.1, 0.15) is 12.4 Å². The number of carbonyl (C=O) groups is 1. The summed E-state index contributed by atoms with van der Waals surface area (Å²) in [6.07, 6.45) is 1.31. The first-order chi connectivity index (χ1) is 8.33. The van der Waals surface area contributed by atoms with Crippen molar-refractivity contribution in [1.82, 2.24) is 0 Å². The molecule has 90 valence electrons. The maximum atomic E-state index is 12.0. The lowest BCUT2D eigenvalue weighted by atomic mass is 10.2. The van der Waals surface area contributed by atoms with Crippen LogP contribution in [0.4, 0.5) is 5.69 Å². The van der Waals surface area contributed by atoms with Gasteiger partial charge in [0.15, 0.2) is 0 Å². The van der Waals surface area contributed by atoms with E-state index < -0.39 is 0 Å². The van der Waals surface area contributed by atoms with E-state index in [0.717, 1.165) is 11.4 Å². The molecule has 0 fully saturated rings. The lowest BCUT2D eigenvalue weighted by Gasteiger charge is -2.29. The molecule has 1 amide bonds. The predicted octanol–water partition coefficient (Wildman–Crippen LogP) is 1.79. The molecule has 2 rings (SSSR count). The van der Waals surface area contributed by atoms with Gasteiger partial charge in [-0.15, -0.1) is 11.8 Å². The summed E-state index contributed by atoms with van der Waals surface area (Å²) >= 11 is 1.45. The number of hydrogen-bond donors (Lipinski definition) is 1. The summed E-state index contributed by atoms with van der Waals surface area (Å²) in [6, 6.07) is 7.57. The van der Waals surface area contributed by atoms with E-state index in [-0.39, 0.29) is 5.91 Å². The van der Waals surface area contributed by atoms with Crippen molar-refractivity contribution < 1.29 is 9.53 Å². The summed E-state index contributed by atoms with van der Waals surface area (Å²) in [4.78, 5) is 13.8. The van der Waals surface area contributed by atoms with E-state index in [1.165, 1.54) is 18.0 Å². The minimum absolute atomic E-state index is 0.0765. The van der Waals surface area contributed by atoms with Crippen molar-refractivity contribution in [2.24, 2.45) is 0 Å². The summed E-state index contributed by atoms with van der Waals surface area (Å²) in [5, 5.41) is 6.92. The second kappa shape index (κ2) is 5.72. The molecule has 0 aromatic heterocycles. The van der Waals surface area contributed by atoms with Crippen LogP contribution in [0.25, 0.3) is 0 Å². The van der Waals surface area contributed by atoms with Crippen molar-refractivity contribution in [2.75, 3.05) is 29.6 Å². The number of hydrogen-bond acceptors (Lipinski definition) is 4. The maximum Gasteiger partial charge on any atom is 0.237 e. The summed E-state index contributed by atoms with van der Waals surface area (Å²) < 4.78 is 5.49. The second-order valence-electron chi connectivity index (χ2n) is 3.58. The Kier molecular flexibility index (Phi) is 4.03. The van der Waals surface area contributed by atoms with Gasteiger partial charge in [0, 0.05) is 12.0 Å². The second-order valence-corrected chi connectivity index (χ2v) is 4.61. The minimum Gasteiger partial charge on any atom is -0.490 e. The van der Waals surface area contributed by atoms with Gasteiger partial charge in [-0.3, -0.25) is 4.79 Å². The highest BCUT2D eigenvalue weighted by Gasteiger charge is 2.22. The lowest BCUT2D eigenvalue weighted by molar-refractivity contribution is -0.116. The third kappa shape index (κ3) is 2.79. The molecule has 17 heavy (non-hydrogen) atoms. The zero-order chi connectivity index (χ0) is 12.1. The largest absolute Gasteiger partial charge is 0.490 e. The van der Waals surface area contributed by atoms with Gasteiger partial charge in [-0.05, 0) is 12.1 Å². The van der Waals surface area contributed by atoms with Gasteiger partial charge in [-0.25, -0.2) is 0 Å². The molecule has 1 aromatic rings. The van der Waals surface area contributed by atoms with Crippen LogP contribution in [0, 0.1) is 5.41 Å². The van der Waals surface area contributed by atoms with E-state index in [4.69, 9.17) is 10.1 Å². The Labute approximate surface area is 104 Å². The number of carbonyl (C=O) groups excluding carboxylic acids is 1. The van der Waals surface area contributed by atoms with Crippen LogP contribution in [0.15, 0.2) is 24.3 Å². The zero-order valence-corrected chi connectivity index (χ0v) is 10.2. The molecule has 1 aliphatic heterocycles. The monoisotopic (exact) mass is 250 g/mol. The van der Waals surface area contributed by atoms with Gasteiger partial charge in [-0.1, -0.05) is 12.1 Å². The van der Waals surface area contributed by atoms with Crippen LogP contribution in [0.2, 0.25) is 0 Å². The Morgan fingerprint density at radius 2 is 2.35 bits per heavy atom. The summed E-state index contributed by atoms with van der Waals surface area (Å²) in [7, 11) is 0. The number of nitrogens with zero attached hydrogens (tertiary/aromatic N) is 1. The molecular formula is C12H14N2O2S. The minimum atomic E-state index is 0.0765. The number of anilines is 1. The first kappa shape index (κ1) is 12.0. The van der Waals surface area contributed by atoms with Crippen molar-refractivity contribution in [3.63, 3.8) is 0 Å². The van der Waals surface area contributed by atoms with Crippen LogP contribution in [-0.4, -0.2) is 36.8 Å². The fraction of sp³-hybridized carbons (Fsp3) is 0.333. The normalized spacial score (nSPS) is 13.8. The van der Waals surface area contributed by atoms with Crippen LogP contribution in [0.3, 0.4) is 0 Å². The third-order valence-corrected chi connectivity index (χ3v) is 3.31. The Bertz CT molecular complexity index is 423. The van der Waals surface area contributed by atoms with Crippen molar-refractivity contribution >= 4 is 29.6 Å². The molecule has 0 unspecified atom stereocenters. The number of amides is 1. The third-order valence-electron chi connectivity index (χ3n) is 2.46. The summed E-state index contributed by atoms with van der Waals surface area (Å²) in [6.45, 7) is 1.14. The highest BCUT2D eigenvalue weighted by molar-refractivity contribution is 8.00. The van der Waals surface area contributed by atoms with E-state index in [1.807, 2.05) is 24.3 Å². The van der Waals surface area contributed by atoms with Crippen LogP contribution in [-0.2, 0) is 4.79 Å². The Hall–Kier alpha value is -1.49. The van der Waals surface area contributed by atoms with Gasteiger partial charge in [-0.2, -0.15) is 0 Å². The molecule has 0 aliphatic carbocycles. The number of nitrogens with one attached hydrogen (secondary N) is 1. The molecule has 0 spiro atoms. The Morgan fingerprint density at radius 3 is 3.18 bits per heavy atom. The summed E-state index contributed by atoms with van der Waals surface area (Å²) in [5.41, 5.74) is 0.846. The smallest absolute Gasteiger partial charge is 0.237 e. The standard InChI is InChI=1S/C12H14N2O2S/c13-5-8-17-9-12(15)14-6-7-16-11-4-2-1-3-10(11)14/h1-5,13H,6-9H2. The van der Waals surface area contributed by atoms with Gasteiger partial charge >= 0.3 is 0 Å². The number of thioether (sulfide) groups is 1. The van der Waals surface area contributed by atoms with Crippen LogP contribution >= 0.6 is 11.8 Å². The average Bonchev–Trinajstić information content (AvgIpc) is 2.38. The fourth-order valence-corrected chi connectivity index (χ4v) is 2.28. The van der Waals surface area contributed by atoms with Crippen molar-refractivity contribution in [2.45, 2.75) is 0 Å². The molecule has 1 aromatic carbocycles. The zero-order valence-electron chi connectivity index (χ0n) is 9.39. The SMILES string of the molecule is N=CCSCC(=O)N1CCOc2ccccc21. The van der Waals surface area contributed by atoms with Gasteiger partial charge in [0.25, 0.3) is 0 Å². The summed E-state index contributed by atoms with van der Waals surface area (Å²) in [5.74, 6) is 1.83. The topological polar surface area (TPSA) is 53.4 Å². The molecule has 4 nitrogen and oxygen atoms in total. The maximum absolute atomic E-state index is 12.0. The van der Waals surface area contributed by atoms with Crippen molar-refractivity contribution in [3.8, 4) is 5.75 Å². The predicted molar refractivity (Wildman–Crippen MR) is 70.4 cm³/mol. The van der Waals surface area contributed by atoms with Crippen LogP contribution in [0.5, 0.6) is 5.75 Å². The number of rotatable bonds is 4. The highest BCUT2D eigenvalue weighted by Crippen LogP contribution is 2.31. The molecule has 5 heteroatoms. The van der Waals surface area contributed by atoms with E-state index in [2.05, 4.69) is 0 Å². The van der Waals surface area contributed by atoms with Crippen molar-refractivity contribution in [3.05, 3.63) is 24.3 Å². The number of ether oxygens (including phenoxy) is 1. The molecule has 1 aliphatic rings. The van der Waals surface area contributed by atoms with Crippen molar-refractivity contribution in [1.29, 1.82) is 5.41 Å². The molecule has 0 atom stereocenters. The molecule has 0 saturated carbocycles. The molecule has 1 heterocycles. The molecule has 1 N–H and O–H groups in total. The first-order valence-corrected chi connectivity index (χ1v) is 6.57. The van der Waals surface area contributed by atoms with Gasteiger partial charge in [0.05, 0.1) is 18.0 Å². The Morgan fingerprint density at radius 1 is 1.53 bits per heavy atom.